The molecule has 2 aromatic rings. The van der Waals surface area contributed by atoms with Gasteiger partial charge in [0.15, 0.2) is 11.5 Å². The SMILES string of the molecule is CC.CCC1(C)C(=O)c2c(O)c(=O)c(C(=O)NCc3c(F)cc(F)cc3F)cn2CC1OC. The van der Waals surface area contributed by atoms with Crippen LogP contribution >= 0.6 is 0 Å². The molecule has 0 saturated carbocycles. The Morgan fingerprint density at radius 1 is 1.24 bits per heavy atom. The summed E-state index contributed by atoms with van der Waals surface area (Å²) in [4.78, 5) is 38.1. The number of ketones is 1. The number of fused-ring (bicyclic) bond motifs is 1. The molecule has 1 aliphatic rings. The van der Waals surface area contributed by atoms with Crippen LogP contribution in [0, 0.1) is 22.9 Å². The van der Waals surface area contributed by atoms with Crippen LogP contribution in [0.3, 0.4) is 0 Å². The molecule has 0 fully saturated rings. The van der Waals surface area contributed by atoms with Crippen molar-refractivity contribution in [2.45, 2.75) is 53.3 Å². The molecule has 0 saturated heterocycles. The number of benzene rings is 1. The number of Topliss-reactive ketones (excluding diaryl/α,β-unsaturated/α-hetero) is 1. The Morgan fingerprint density at radius 3 is 2.33 bits per heavy atom. The average Bonchev–Trinajstić information content (AvgIpc) is 2.78. The molecule has 1 aliphatic heterocycles. The van der Waals surface area contributed by atoms with Gasteiger partial charge >= 0.3 is 0 Å². The molecule has 33 heavy (non-hydrogen) atoms. The molecule has 10 heteroatoms. The summed E-state index contributed by atoms with van der Waals surface area (Å²) in [6.45, 7) is 6.89. The van der Waals surface area contributed by atoms with E-state index in [1.165, 1.54) is 11.7 Å². The van der Waals surface area contributed by atoms with Crippen LogP contribution in [-0.4, -0.2) is 34.6 Å². The van der Waals surface area contributed by atoms with Crippen LogP contribution in [0.2, 0.25) is 0 Å². The Balaban J connectivity index is 0.00000187. The minimum Gasteiger partial charge on any atom is -0.503 e. The number of amides is 1. The predicted octanol–water partition coefficient (Wildman–Crippen LogP) is 3.56. The summed E-state index contributed by atoms with van der Waals surface area (Å²) in [5.74, 6) is -5.91. The molecule has 7 nitrogen and oxygen atoms in total. The second-order valence-corrected chi connectivity index (χ2v) is 7.58. The summed E-state index contributed by atoms with van der Waals surface area (Å²) in [6.07, 6.45) is 0.927. The summed E-state index contributed by atoms with van der Waals surface area (Å²) in [5, 5.41) is 12.6. The minimum absolute atomic E-state index is 0.0945. The first-order chi connectivity index (χ1) is 15.5. The molecule has 1 aromatic carbocycles. The van der Waals surface area contributed by atoms with Crippen LogP contribution in [-0.2, 0) is 17.8 Å². The highest BCUT2D eigenvalue weighted by molar-refractivity contribution is 6.03. The Morgan fingerprint density at radius 2 is 1.82 bits per heavy atom. The van der Waals surface area contributed by atoms with Gasteiger partial charge in [0.25, 0.3) is 5.91 Å². The quantitative estimate of drug-likeness (QED) is 0.700. The molecule has 3 rings (SSSR count). The number of nitrogens with one attached hydrogen (secondary N) is 1. The molecule has 2 unspecified atom stereocenters. The second-order valence-electron chi connectivity index (χ2n) is 7.58. The fourth-order valence-electron chi connectivity index (χ4n) is 3.72. The van der Waals surface area contributed by atoms with E-state index in [4.69, 9.17) is 4.74 Å². The number of hydrogen-bond donors (Lipinski definition) is 2. The highest BCUT2D eigenvalue weighted by Crippen LogP contribution is 2.38. The van der Waals surface area contributed by atoms with Crippen molar-refractivity contribution in [1.82, 2.24) is 9.88 Å². The third-order valence-electron chi connectivity index (χ3n) is 5.86. The van der Waals surface area contributed by atoms with E-state index >= 15 is 0 Å². The zero-order chi connectivity index (χ0) is 25.1. The number of pyridine rings is 1. The van der Waals surface area contributed by atoms with E-state index in [-0.39, 0.29) is 12.2 Å². The molecule has 0 spiro atoms. The smallest absolute Gasteiger partial charge is 0.257 e. The van der Waals surface area contributed by atoms with E-state index in [1.54, 1.807) is 13.8 Å². The lowest BCUT2D eigenvalue weighted by atomic mass is 9.73. The summed E-state index contributed by atoms with van der Waals surface area (Å²) in [5.41, 5.74) is -3.40. The number of aromatic nitrogens is 1. The number of carbonyl (C=O) groups is 2. The van der Waals surface area contributed by atoms with Crippen molar-refractivity contribution >= 4 is 11.7 Å². The maximum Gasteiger partial charge on any atom is 0.257 e. The lowest BCUT2D eigenvalue weighted by molar-refractivity contribution is -0.0163. The van der Waals surface area contributed by atoms with E-state index in [0.717, 1.165) is 6.20 Å². The fourth-order valence-corrected chi connectivity index (χ4v) is 3.72. The molecule has 1 aromatic heterocycles. The molecule has 2 heterocycles. The van der Waals surface area contributed by atoms with Gasteiger partial charge in [-0.25, -0.2) is 13.2 Å². The predicted molar refractivity (Wildman–Crippen MR) is 115 cm³/mol. The van der Waals surface area contributed by atoms with Crippen LogP contribution in [0.4, 0.5) is 13.2 Å². The summed E-state index contributed by atoms with van der Waals surface area (Å²) < 4.78 is 47.3. The Labute approximate surface area is 189 Å². The molecule has 180 valence electrons. The van der Waals surface area contributed by atoms with Crippen molar-refractivity contribution in [2.24, 2.45) is 5.41 Å². The molecule has 0 radical (unpaired) electrons. The van der Waals surface area contributed by atoms with Crippen LogP contribution in [0.15, 0.2) is 23.1 Å². The third-order valence-corrected chi connectivity index (χ3v) is 5.86. The molecular weight excluding hydrogens is 441 g/mol. The summed E-state index contributed by atoms with van der Waals surface area (Å²) >= 11 is 0. The van der Waals surface area contributed by atoms with Crippen LogP contribution in [0.25, 0.3) is 0 Å². The number of rotatable bonds is 5. The lowest BCUT2D eigenvalue weighted by Gasteiger charge is -2.40. The van der Waals surface area contributed by atoms with Gasteiger partial charge in [0.05, 0.1) is 18.1 Å². The summed E-state index contributed by atoms with van der Waals surface area (Å²) in [6, 6.07) is 0.927. The van der Waals surface area contributed by atoms with Crippen molar-refractivity contribution in [3.05, 3.63) is 62.8 Å². The Bertz CT molecular complexity index is 1110. The number of halogens is 3. The minimum atomic E-state index is -1.20. The standard InChI is InChI=1S/C21H21F3N2O5.C2H6/c1-4-21(2)15(31-3)9-26-8-12(17(27)18(28)16(26)19(21)29)20(30)25-7-11-13(23)5-10(22)6-14(11)24;1-2/h5-6,8,15,28H,4,7,9H2,1-3H3,(H,25,30);1-2H3. The first-order valence-corrected chi connectivity index (χ1v) is 10.5. The lowest BCUT2D eigenvalue weighted by Crippen LogP contribution is -2.49. The van der Waals surface area contributed by atoms with Crippen molar-refractivity contribution in [3.63, 3.8) is 0 Å². The zero-order valence-electron chi connectivity index (χ0n) is 19.1. The van der Waals surface area contributed by atoms with Crippen LogP contribution in [0.5, 0.6) is 5.75 Å². The van der Waals surface area contributed by atoms with Crippen molar-refractivity contribution in [3.8, 4) is 5.75 Å². The van der Waals surface area contributed by atoms with Crippen molar-refractivity contribution in [1.29, 1.82) is 0 Å². The molecule has 1 amide bonds. The molecular formula is C23H27F3N2O5. The number of hydrogen-bond acceptors (Lipinski definition) is 5. The van der Waals surface area contributed by atoms with Gasteiger partial charge < -0.3 is 19.7 Å². The van der Waals surface area contributed by atoms with Gasteiger partial charge in [-0.2, -0.15) is 0 Å². The van der Waals surface area contributed by atoms with Crippen molar-refractivity contribution in [2.75, 3.05) is 7.11 Å². The van der Waals surface area contributed by atoms with Gasteiger partial charge in [-0.05, 0) is 13.3 Å². The number of nitrogens with zero attached hydrogens (tertiary/aromatic N) is 1. The van der Waals surface area contributed by atoms with Gasteiger partial charge in [-0.1, -0.05) is 20.8 Å². The number of carbonyl (C=O) groups excluding carboxylic acids is 2. The van der Waals surface area contributed by atoms with Gasteiger partial charge in [0.2, 0.25) is 5.43 Å². The van der Waals surface area contributed by atoms with Crippen molar-refractivity contribution < 1.29 is 32.6 Å². The molecule has 2 N–H and O–H groups in total. The van der Waals surface area contributed by atoms with Gasteiger partial charge in [-0.15, -0.1) is 0 Å². The van der Waals surface area contributed by atoms with Crippen LogP contribution < -0.4 is 10.7 Å². The fraction of sp³-hybridized carbons (Fsp3) is 0.435. The van der Waals surface area contributed by atoms with Gasteiger partial charge in [0, 0.05) is 37.5 Å². The van der Waals surface area contributed by atoms with Gasteiger partial charge in [0.1, 0.15) is 28.7 Å². The van der Waals surface area contributed by atoms with Gasteiger partial charge in [-0.3, -0.25) is 14.4 Å². The normalized spacial score (nSPS) is 19.4. The summed E-state index contributed by atoms with van der Waals surface area (Å²) in [7, 11) is 1.43. The maximum atomic E-state index is 13.8. The second kappa shape index (κ2) is 10.2. The van der Waals surface area contributed by atoms with E-state index in [1.807, 2.05) is 13.8 Å². The molecule has 0 aliphatic carbocycles. The topological polar surface area (TPSA) is 97.6 Å². The molecule has 0 bridgehead atoms. The first kappa shape index (κ1) is 26.1. The third kappa shape index (κ3) is 4.66. The number of ether oxygens (including phenoxy) is 1. The number of methoxy groups -OCH3 is 1. The largest absolute Gasteiger partial charge is 0.503 e. The highest BCUT2D eigenvalue weighted by Gasteiger charge is 2.47. The number of aromatic hydroxyl groups is 1. The molecule has 2 atom stereocenters. The Kier molecular flexibility index (Phi) is 8.07. The first-order valence-electron chi connectivity index (χ1n) is 10.5. The average molecular weight is 468 g/mol. The highest BCUT2D eigenvalue weighted by atomic mass is 19.1. The van der Waals surface area contributed by atoms with E-state index in [2.05, 4.69) is 5.32 Å². The monoisotopic (exact) mass is 468 g/mol. The maximum absolute atomic E-state index is 13.8. The zero-order valence-corrected chi connectivity index (χ0v) is 19.1. The Hall–Kier alpha value is -3.14. The van der Waals surface area contributed by atoms with Crippen LogP contribution in [0.1, 0.15) is 60.5 Å². The van der Waals surface area contributed by atoms with E-state index in [0.29, 0.717) is 18.6 Å². The van der Waals surface area contributed by atoms with E-state index < -0.39 is 69.5 Å². The van der Waals surface area contributed by atoms with E-state index in [9.17, 15) is 32.7 Å².